The van der Waals surface area contributed by atoms with Crippen LogP contribution in [0.3, 0.4) is 0 Å². The lowest BCUT2D eigenvalue weighted by molar-refractivity contribution is -0.137. The van der Waals surface area contributed by atoms with Crippen LogP contribution in [0.2, 0.25) is 0 Å². The van der Waals surface area contributed by atoms with Gasteiger partial charge >= 0.3 is 5.97 Å². The van der Waals surface area contributed by atoms with Crippen LogP contribution in [0.5, 0.6) is 0 Å². The Morgan fingerprint density at radius 3 is 2.86 bits per heavy atom. The fraction of sp³-hybridized carbons (Fsp3) is 0.714. The fourth-order valence-corrected chi connectivity index (χ4v) is 0.994. The van der Waals surface area contributed by atoms with Crippen molar-refractivity contribution in [2.45, 2.75) is 13.0 Å². The molecule has 0 unspecified atom stereocenters. The summed E-state index contributed by atoms with van der Waals surface area (Å²) < 4.78 is 0. The lowest BCUT2D eigenvalue weighted by atomic mass is 10.4. The summed E-state index contributed by atoms with van der Waals surface area (Å²) in [5, 5.41) is 19.9. The van der Waals surface area contributed by atoms with Crippen molar-refractivity contribution in [1.82, 2.24) is 25.1 Å². The van der Waals surface area contributed by atoms with E-state index in [0.717, 1.165) is 0 Å². The Hall–Kier alpha value is -1.50. The molecule has 0 aliphatic heterocycles. The lowest BCUT2D eigenvalue weighted by Crippen LogP contribution is -2.22. The van der Waals surface area contributed by atoms with Crippen LogP contribution in [0.4, 0.5) is 0 Å². The molecule has 7 heteroatoms. The molecule has 1 aromatic rings. The van der Waals surface area contributed by atoms with Crippen molar-refractivity contribution in [1.29, 1.82) is 0 Å². The van der Waals surface area contributed by atoms with Crippen LogP contribution in [-0.4, -0.2) is 49.8 Å². The van der Waals surface area contributed by atoms with E-state index >= 15 is 0 Å². The summed E-state index contributed by atoms with van der Waals surface area (Å²) in [5.41, 5.74) is 0. The summed E-state index contributed by atoms with van der Waals surface area (Å²) in [7, 11) is 3.51. The summed E-state index contributed by atoms with van der Waals surface area (Å²) in [4.78, 5) is 13.5. The molecule has 1 rings (SSSR count). The Bertz CT molecular complexity index is 311. The molecule has 14 heavy (non-hydrogen) atoms. The number of rotatable bonds is 5. The average molecular weight is 199 g/mol. The predicted octanol–water partition coefficient (Wildman–Crippen LogP) is -0.883. The summed E-state index contributed by atoms with van der Waals surface area (Å²) in [5.74, 6) is -0.204. The molecule has 0 atom stereocenters. The first-order valence-electron chi connectivity index (χ1n) is 4.21. The molecule has 0 radical (unpaired) electrons. The minimum absolute atomic E-state index is 0.122. The molecular weight excluding hydrogens is 186 g/mol. The van der Waals surface area contributed by atoms with Gasteiger partial charge in [-0.1, -0.05) is 0 Å². The first-order chi connectivity index (χ1) is 6.58. The number of nitrogens with zero attached hydrogens (tertiary/aromatic N) is 5. The van der Waals surface area contributed by atoms with Gasteiger partial charge in [0.2, 0.25) is 0 Å². The normalized spacial score (nSPS) is 10.8. The van der Waals surface area contributed by atoms with Crippen molar-refractivity contribution in [3.05, 3.63) is 5.82 Å². The molecule has 0 aliphatic rings. The summed E-state index contributed by atoms with van der Waals surface area (Å²) in [6.45, 7) is 0.995. The van der Waals surface area contributed by atoms with Crippen LogP contribution in [0.15, 0.2) is 0 Å². The highest BCUT2D eigenvalue weighted by Gasteiger charge is 2.06. The number of carboxylic acid groups (broad SMARTS) is 1. The van der Waals surface area contributed by atoms with E-state index in [1.807, 2.05) is 11.9 Å². The Labute approximate surface area is 81.3 Å². The van der Waals surface area contributed by atoms with E-state index in [2.05, 4.69) is 15.4 Å². The summed E-state index contributed by atoms with van der Waals surface area (Å²) >= 11 is 0. The summed E-state index contributed by atoms with van der Waals surface area (Å²) in [6.07, 6.45) is 0.122. The Morgan fingerprint density at radius 1 is 1.64 bits per heavy atom. The number of tetrazole rings is 1. The molecule has 7 nitrogen and oxygen atoms in total. The van der Waals surface area contributed by atoms with Crippen LogP contribution >= 0.6 is 0 Å². The van der Waals surface area contributed by atoms with Crippen LogP contribution in [0, 0.1) is 0 Å². The van der Waals surface area contributed by atoms with Crippen LogP contribution < -0.4 is 0 Å². The molecule has 1 N–H and O–H groups in total. The van der Waals surface area contributed by atoms with Gasteiger partial charge in [-0.25, -0.2) is 0 Å². The smallest absolute Gasteiger partial charge is 0.304 e. The molecule has 0 fully saturated rings. The minimum atomic E-state index is -0.802. The second kappa shape index (κ2) is 4.66. The molecular formula is C7H13N5O2. The van der Waals surface area contributed by atoms with E-state index in [1.54, 1.807) is 7.05 Å². The quantitative estimate of drug-likeness (QED) is 0.662. The maximum absolute atomic E-state index is 10.3. The highest BCUT2D eigenvalue weighted by Crippen LogP contribution is 1.94. The minimum Gasteiger partial charge on any atom is -0.481 e. The standard InChI is InChI=1S/C7H13N5O2/c1-11(4-3-7(13)14)5-6-8-10-12(2)9-6/h3-5H2,1-2H3,(H,13,14). The highest BCUT2D eigenvalue weighted by molar-refractivity contribution is 5.66. The first kappa shape index (κ1) is 10.6. The van der Waals surface area contributed by atoms with Gasteiger partial charge in [-0.2, -0.15) is 4.80 Å². The highest BCUT2D eigenvalue weighted by atomic mass is 16.4. The van der Waals surface area contributed by atoms with Gasteiger partial charge in [0.05, 0.1) is 20.0 Å². The molecule has 0 amide bonds. The van der Waals surface area contributed by atoms with Gasteiger partial charge in [0.25, 0.3) is 0 Å². The number of carboxylic acids is 1. The number of aromatic nitrogens is 4. The van der Waals surface area contributed by atoms with E-state index in [-0.39, 0.29) is 6.42 Å². The molecule has 0 saturated heterocycles. The third-order valence-corrected chi connectivity index (χ3v) is 1.67. The molecule has 0 aliphatic carbocycles. The SMILES string of the molecule is CN(CCC(=O)O)Cc1nnn(C)n1. The second-order valence-electron chi connectivity index (χ2n) is 3.08. The maximum atomic E-state index is 10.3. The molecule has 0 spiro atoms. The molecule has 0 bridgehead atoms. The molecule has 0 aromatic carbocycles. The van der Waals surface area contributed by atoms with E-state index in [9.17, 15) is 4.79 Å². The number of aryl methyl sites for hydroxylation is 1. The number of hydrogen-bond donors (Lipinski definition) is 1. The Balaban J connectivity index is 2.33. The number of aliphatic carboxylic acids is 1. The largest absolute Gasteiger partial charge is 0.481 e. The van der Waals surface area contributed by atoms with Crippen molar-refractivity contribution >= 4 is 5.97 Å². The van der Waals surface area contributed by atoms with Gasteiger partial charge in [-0.15, -0.1) is 10.2 Å². The van der Waals surface area contributed by atoms with Crippen LogP contribution in [-0.2, 0) is 18.4 Å². The van der Waals surface area contributed by atoms with E-state index in [0.29, 0.717) is 18.9 Å². The fourth-order valence-electron chi connectivity index (χ4n) is 0.994. The Kier molecular flexibility index (Phi) is 3.52. The number of carbonyl (C=O) groups is 1. The zero-order valence-corrected chi connectivity index (χ0v) is 8.21. The third kappa shape index (κ3) is 3.48. The maximum Gasteiger partial charge on any atom is 0.304 e. The summed E-state index contributed by atoms with van der Waals surface area (Å²) in [6, 6.07) is 0. The third-order valence-electron chi connectivity index (χ3n) is 1.67. The molecule has 78 valence electrons. The predicted molar refractivity (Wildman–Crippen MR) is 47.4 cm³/mol. The van der Waals surface area contributed by atoms with Gasteiger partial charge in [0, 0.05) is 6.54 Å². The van der Waals surface area contributed by atoms with Crippen molar-refractivity contribution in [3.8, 4) is 0 Å². The Morgan fingerprint density at radius 2 is 2.36 bits per heavy atom. The molecule has 1 heterocycles. The van der Waals surface area contributed by atoms with Gasteiger partial charge in [0.1, 0.15) is 0 Å². The van der Waals surface area contributed by atoms with Crippen LogP contribution in [0.1, 0.15) is 12.2 Å². The monoisotopic (exact) mass is 199 g/mol. The van der Waals surface area contributed by atoms with Gasteiger partial charge in [-0.3, -0.25) is 9.69 Å². The van der Waals surface area contributed by atoms with E-state index in [4.69, 9.17) is 5.11 Å². The second-order valence-corrected chi connectivity index (χ2v) is 3.08. The van der Waals surface area contributed by atoms with Crippen molar-refractivity contribution in [2.75, 3.05) is 13.6 Å². The van der Waals surface area contributed by atoms with Gasteiger partial charge in [-0.05, 0) is 12.3 Å². The van der Waals surface area contributed by atoms with Gasteiger partial charge < -0.3 is 5.11 Å². The number of hydrogen-bond acceptors (Lipinski definition) is 5. The van der Waals surface area contributed by atoms with Crippen molar-refractivity contribution in [2.24, 2.45) is 7.05 Å². The molecule has 0 saturated carbocycles. The van der Waals surface area contributed by atoms with Crippen LogP contribution in [0.25, 0.3) is 0 Å². The lowest BCUT2D eigenvalue weighted by Gasteiger charge is -2.11. The zero-order chi connectivity index (χ0) is 10.6. The zero-order valence-electron chi connectivity index (χ0n) is 8.21. The van der Waals surface area contributed by atoms with E-state index < -0.39 is 5.97 Å². The van der Waals surface area contributed by atoms with Crippen molar-refractivity contribution < 1.29 is 9.90 Å². The van der Waals surface area contributed by atoms with Gasteiger partial charge in [0.15, 0.2) is 5.82 Å². The average Bonchev–Trinajstić information content (AvgIpc) is 2.48. The first-order valence-corrected chi connectivity index (χ1v) is 4.21. The topological polar surface area (TPSA) is 84.1 Å². The van der Waals surface area contributed by atoms with E-state index in [1.165, 1.54) is 4.80 Å². The molecule has 1 aromatic heterocycles. The van der Waals surface area contributed by atoms with Crippen molar-refractivity contribution in [3.63, 3.8) is 0 Å².